The normalized spacial score (nSPS) is 23.5. The smallest absolute Gasteiger partial charge is 0.309 e. The molecule has 0 spiro atoms. The number of carbonyl (C=O) groups is 1. The zero-order chi connectivity index (χ0) is 17.8. The molecule has 2 heteroatoms. The van der Waals surface area contributed by atoms with Crippen LogP contribution in [0.5, 0.6) is 0 Å². The van der Waals surface area contributed by atoms with Gasteiger partial charge in [0.05, 0.1) is 13.0 Å². The summed E-state index contributed by atoms with van der Waals surface area (Å²) in [5.41, 5.74) is 3.43. The lowest BCUT2D eigenvalue weighted by atomic mass is 9.70. The van der Waals surface area contributed by atoms with Gasteiger partial charge in [-0.15, -0.1) is 0 Å². The highest BCUT2D eigenvalue weighted by Crippen LogP contribution is 2.42. The summed E-state index contributed by atoms with van der Waals surface area (Å²) in [6.07, 6.45) is 8.79. The Balaban J connectivity index is 2.71. The quantitative estimate of drug-likeness (QED) is 0.463. The van der Waals surface area contributed by atoms with E-state index in [1.54, 1.807) is 0 Å². The van der Waals surface area contributed by atoms with E-state index < -0.39 is 0 Å². The van der Waals surface area contributed by atoms with Crippen molar-refractivity contribution >= 4 is 5.97 Å². The average molecular weight is 321 g/mol. The second-order valence-corrected chi connectivity index (χ2v) is 8.84. The SMILES string of the molecule is COC(=O)C1CC=C(C(C)(C)CC/C=C(\C)C(C)(C)C)CC1C. The summed E-state index contributed by atoms with van der Waals surface area (Å²) in [5, 5.41) is 0. The van der Waals surface area contributed by atoms with Crippen LogP contribution in [0.25, 0.3) is 0 Å². The van der Waals surface area contributed by atoms with Crippen LogP contribution in [0.4, 0.5) is 0 Å². The highest BCUT2D eigenvalue weighted by atomic mass is 16.5. The highest BCUT2D eigenvalue weighted by Gasteiger charge is 2.33. The first-order valence-corrected chi connectivity index (χ1v) is 8.93. The van der Waals surface area contributed by atoms with Crippen LogP contribution in [-0.2, 0) is 9.53 Å². The van der Waals surface area contributed by atoms with Crippen molar-refractivity contribution in [2.24, 2.45) is 22.7 Å². The van der Waals surface area contributed by atoms with Crippen molar-refractivity contribution in [1.29, 1.82) is 0 Å². The molecule has 0 aromatic heterocycles. The van der Waals surface area contributed by atoms with Crippen LogP contribution in [0.2, 0.25) is 0 Å². The molecule has 1 aliphatic carbocycles. The van der Waals surface area contributed by atoms with Crippen LogP contribution in [0.15, 0.2) is 23.3 Å². The maximum Gasteiger partial charge on any atom is 0.309 e. The molecule has 0 fully saturated rings. The van der Waals surface area contributed by atoms with Gasteiger partial charge in [0.25, 0.3) is 0 Å². The third-order valence-corrected chi connectivity index (χ3v) is 5.62. The lowest BCUT2D eigenvalue weighted by Gasteiger charge is -2.35. The third kappa shape index (κ3) is 5.51. The Hall–Kier alpha value is -1.05. The Morgan fingerprint density at radius 1 is 1.30 bits per heavy atom. The van der Waals surface area contributed by atoms with Crippen molar-refractivity contribution in [3.8, 4) is 0 Å². The molecule has 2 unspecified atom stereocenters. The van der Waals surface area contributed by atoms with Crippen LogP contribution < -0.4 is 0 Å². The number of ether oxygens (including phenoxy) is 1. The van der Waals surface area contributed by atoms with Gasteiger partial charge in [0, 0.05) is 0 Å². The molecule has 0 aromatic rings. The van der Waals surface area contributed by atoms with Gasteiger partial charge in [-0.1, -0.05) is 64.8 Å². The monoisotopic (exact) mass is 320 g/mol. The van der Waals surface area contributed by atoms with Gasteiger partial charge in [-0.2, -0.15) is 0 Å². The van der Waals surface area contributed by atoms with Crippen molar-refractivity contribution in [1.82, 2.24) is 0 Å². The maximum absolute atomic E-state index is 11.8. The lowest BCUT2D eigenvalue weighted by Crippen LogP contribution is -2.29. The Kier molecular flexibility index (Phi) is 6.68. The number of hydrogen-bond donors (Lipinski definition) is 0. The topological polar surface area (TPSA) is 26.3 Å². The minimum Gasteiger partial charge on any atom is -0.469 e. The van der Waals surface area contributed by atoms with E-state index in [4.69, 9.17) is 4.74 Å². The van der Waals surface area contributed by atoms with Crippen molar-refractivity contribution in [2.75, 3.05) is 7.11 Å². The molecule has 0 radical (unpaired) electrons. The second-order valence-electron chi connectivity index (χ2n) is 8.84. The van der Waals surface area contributed by atoms with E-state index in [2.05, 4.69) is 60.6 Å². The van der Waals surface area contributed by atoms with Crippen molar-refractivity contribution in [3.05, 3.63) is 23.3 Å². The minimum atomic E-state index is -0.0608. The van der Waals surface area contributed by atoms with Gasteiger partial charge in [0.1, 0.15) is 0 Å². The molecular formula is C21H36O2. The Bertz CT molecular complexity index is 475. The van der Waals surface area contributed by atoms with E-state index in [9.17, 15) is 4.79 Å². The Morgan fingerprint density at radius 3 is 2.39 bits per heavy atom. The summed E-state index contributed by atoms with van der Waals surface area (Å²) in [6.45, 7) is 15.9. The molecule has 0 N–H and O–H groups in total. The van der Waals surface area contributed by atoms with E-state index in [0.717, 1.165) is 25.7 Å². The molecule has 0 heterocycles. The molecule has 132 valence electrons. The number of rotatable bonds is 5. The molecule has 0 aromatic carbocycles. The second kappa shape index (κ2) is 7.68. The molecule has 1 rings (SSSR count). The number of hydrogen-bond acceptors (Lipinski definition) is 2. The van der Waals surface area contributed by atoms with Crippen LogP contribution in [0.3, 0.4) is 0 Å². The van der Waals surface area contributed by atoms with Crippen LogP contribution in [-0.4, -0.2) is 13.1 Å². The molecule has 0 bridgehead atoms. The minimum absolute atomic E-state index is 0.0302. The molecule has 1 aliphatic rings. The summed E-state index contributed by atoms with van der Waals surface area (Å²) in [6, 6.07) is 0. The highest BCUT2D eigenvalue weighted by molar-refractivity contribution is 5.73. The predicted octanol–water partition coefficient (Wildman–Crippen LogP) is 5.93. The predicted molar refractivity (Wildman–Crippen MR) is 98.2 cm³/mol. The zero-order valence-corrected chi connectivity index (χ0v) is 16.5. The first kappa shape index (κ1) is 20.0. The Morgan fingerprint density at radius 2 is 1.91 bits per heavy atom. The van der Waals surface area contributed by atoms with E-state index in [1.807, 2.05) is 0 Å². The van der Waals surface area contributed by atoms with E-state index in [0.29, 0.717) is 5.92 Å². The van der Waals surface area contributed by atoms with Crippen LogP contribution in [0, 0.1) is 22.7 Å². The molecule has 2 nitrogen and oxygen atoms in total. The summed E-state index contributed by atoms with van der Waals surface area (Å²) < 4.78 is 4.93. The van der Waals surface area contributed by atoms with E-state index in [1.165, 1.54) is 18.3 Å². The summed E-state index contributed by atoms with van der Waals surface area (Å²) >= 11 is 0. The molecule has 23 heavy (non-hydrogen) atoms. The van der Waals surface area contributed by atoms with Crippen molar-refractivity contribution in [2.45, 2.75) is 74.1 Å². The fraction of sp³-hybridized carbons (Fsp3) is 0.762. The average Bonchev–Trinajstić information content (AvgIpc) is 2.45. The number of allylic oxidation sites excluding steroid dienone is 4. The van der Waals surface area contributed by atoms with Gasteiger partial charge in [-0.25, -0.2) is 0 Å². The Labute approximate surface area is 143 Å². The third-order valence-electron chi connectivity index (χ3n) is 5.62. The fourth-order valence-corrected chi connectivity index (χ4v) is 3.22. The molecule has 0 aliphatic heterocycles. The van der Waals surface area contributed by atoms with Crippen molar-refractivity contribution in [3.63, 3.8) is 0 Å². The molecule has 0 saturated heterocycles. The van der Waals surface area contributed by atoms with E-state index in [-0.39, 0.29) is 22.7 Å². The van der Waals surface area contributed by atoms with Gasteiger partial charge in [0.15, 0.2) is 0 Å². The molecule has 0 saturated carbocycles. The van der Waals surface area contributed by atoms with Gasteiger partial charge in [-0.05, 0) is 49.4 Å². The maximum atomic E-state index is 11.8. The lowest BCUT2D eigenvalue weighted by molar-refractivity contribution is -0.147. The van der Waals surface area contributed by atoms with Crippen molar-refractivity contribution < 1.29 is 9.53 Å². The summed E-state index contributed by atoms with van der Waals surface area (Å²) in [7, 11) is 1.49. The number of methoxy groups -OCH3 is 1. The van der Waals surface area contributed by atoms with E-state index >= 15 is 0 Å². The number of carbonyl (C=O) groups excluding carboxylic acids is 1. The van der Waals surface area contributed by atoms with Gasteiger partial charge < -0.3 is 4.74 Å². The molecule has 2 atom stereocenters. The van der Waals surface area contributed by atoms with Crippen LogP contribution in [0.1, 0.15) is 74.1 Å². The van der Waals surface area contributed by atoms with Gasteiger partial charge in [-0.3, -0.25) is 4.79 Å². The number of esters is 1. The largest absolute Gasteiger partial charge is 0.469 e. The summed E-state index contributed by atoms with van der Waals surface area (Å²) in [5.74, 6) is 0.338. The van der Waals surface area contributed by atoms with Gasteiger partial charge in [0.2, 0.25) is 0 Å². The summed E-state index contributed by atoms with van der Waals surface area (Å²) in [4.78, 5) is 11.8. The zero-order valence-electron chi connectivity index (χ0n) is 16.5. The standard InChI is InChI=1S/C21H36O2/c1-15-14-17(11-12-18(15)19(22)23-8)21(6,7)13-9-10-16(2)20(3,4)5/h10-11,15,18H,9,12-14H2,1-8H3/b16-10+. The van der Waals surface area contributed by atoms with Crippen LogP contribution >= 0.6 is 0 Å². The van der Waals surface area contributed by atoms with Gasteiger partial charge >= 0.3 is 5.97 Å². The molecular weight excluding hydrogens is 284 g/mol. The first-order valence-electron chi connectivity index (χ1n) is 8.93. The molecule has 0 amide bonds. The first-order chi connectivity index (χ1) is 10.5. The fourth-order valence-electron chi connectivity index (χ4n) is 3.22.